The van der Waals surface area contributed by atoms with Crippen LogP contribution >= 0.6 is 11.3 Å². The Morgan fingerprint density at radius 1 is 1.25 bits per heavy atom. The Morgan fingerprint density at radius 3 is 2.81 bits per heavy atom. The summed E-state index contributed by atoms with van der Waals surface area (Å²) in [5.41, 5.74) is 3.16. The molecule has 0 spiro atoms. The zero-order valence-electron chi connectivity index (χ0n) is 18.3. The zero-order valence-corrected chi connectivity index (χ0v) is 19.9. The first-order chi connectivity index (χ1) is 15.5. The van der Waals surface area contributed by atoms with Gasteiger partial charge >= 0.3 is 0 Å². The van der Waals surface area contributed by atoms with Crippen molar-refractivity contribution in [1.29, 1.82) is 0 Å². The van der Waals surface area contributed by atoms with E-state index in [-0.39, 0.29) is 6.04 Å². The Labute approximate surface area is 193 Å². The molecular weight excluding hydrogens is 444 g/mol. The molecule has 1 aromatic carbocycles. The maximum Gasteiger partial charge on any atom is 0.250 e. The first kappa shape index (κ1) is 21.6. The Kier molecular flexibility index (Phi) is 5.83. The molecule has 0 aliphatic carbocycles. The van der Waals surface area contributed by atoms with Crippen LogP contribution in [-0.2, 0) is 17.1 Å². The number of piperidine rings is 3. The number of sulfonamides is 1. The van der Waals surface area contributed by atoms with Crippen LogP contribution in [0.25, 0.3) is 11.3 Å². The van der Waals surface area contributed by atoms with Gasteiger partial charge in [0.1, 0.15) is 9.96 Å². The van der Waals surface area contributed by atoms with Crippen molar-refractivity contribution in [3.63, 3.8) is 0 Å². The third-order valence-electron chi connectivity index (χ3n) is 6.83. The molecule has 5 heterocycles. The van der Waals surface area contributed by atoms with Crippen LogP contribution in [0.5, 0.6) is 5.75 Å². The third kappa shape index (κ3) is 3.98. The summed E-state index contributed by atoms with van der Waals surface area (Å²) in [6, 6.07) is 13.8. The highest BCUT2D eigenvalue weighted by atomic mass is 32.2. The lowest BCUT2D eigenvalue weighted by molar-refractivity contribution is 0.0306. The summed E-state index contributed by atoms with van der Waals surface area (Å²) in [4.78, 5) is 2.44. The molecule has 0 saturated carbocycles. The summed E-state index contributed by atoms with van der Waals surface area (Å²) in [6.45, 7) is 2.41. The standard InChI is InChI=1S/C23H28N4O3S2/c1-26-21(13-20(25-26)18-6-3-4-7-22(18)30-2)19-15-27-10-9-16(19)12-17(27)14-24-32(28,29)23-8-5-11-31-23/h3-8,11,13,16-17,19,24H,9-10,12,14-15H2,1-2H3. The van der Waals surface area contributed by atoms with Crippen molar-refractivity contribution in [2.75, 3.05) is 26.7 Å². The molecule has 32 heavy (non-hydrogen) atoms. The predicted molar refractivity (Wildman–Crippen MR) is 126 cm³/mol. The van der Waals surface area contributed by atoms with Gasteiger partial charge in [0.05, 0.1) is 12.8 Å². The number of nitrogens with zero attached hydrogens (tertiary/aromatic N) is 3. The Morgan fingerprint density at radius 2 is 2.09 bits per heavy atom. The average Bonchev–Trinajstić information content (AvgIpc) is 3.49. The minimum Gasteiger partial charge on any atom is -0.496 e. The van der Waals surface area contributed by atoms with Crippen molar-refractivity contribution in [2.45, 2.75) is 29.0 Å². The number of aromatic nitrogens is 2. The number of para-hydroxylation sites is 1. The Hall–Kier alpha value is -2.20. The zero-order chi connectivity index (χ0) is 22.3. The van der Waals surface area contributed by atoms with Gasteiger partial charge in [0.25, 0.3) is 0 Å². The van der Waals surface area contributed by atoms with E-state index in [1.165, 1.54) is 17.0 Å². The molecule has 4 atom stereocenters. The predicted octanol–water partition coefficient (Wildman–Crippen LogP) is 3.31. The molecule has 170 valence electrons. The van der Waals surface area contributed by atoms with E-state index in [0.29, 0.717) is 22.6 Å². The summed E-state index contributed by atoms with van der Waals surface area (Å²) < 4.78 is 35.8. The second-order valence-electron chi connectivity index (χ2n) is 8.60. The van der Waals surface area contributed by atoms with Crippen molar-refractivity contribution in [2.24, 2.45) is 13.0 Å². The average molecular weight is 473 g/mol. The van der Waals surface area contributed by atoms with E-state index in [1.807, 2.05) is 36.0 Å². The maximum atomic E-state index is 12.5. The van der Waals surface area contributed by atoms with Crippen LogP contribution in [0.15, 0.2) is 52.1 Å². The monoisotopic (exact) mass is 472 g/mol. The number of hydrogen-bond donors (Lipinski definition) is 1. The normalized spacial score (nSPS) is 25.2. The number of nitrogens with one attached hydrogen (secondary N) is 1. The van der Waals surface area contributed by atoms with Crippen molar-refractivity contribution < 1.29 is 13.2 Å². The molecule has 4 unspecified atom stereocenters. The molecule has 1 N–H and O–H groups in total. The van der Waals surface area contributed by atoms with E-state index in [2.05, 4.69) is 15.7 Å². The second-order valence-corrected chi connectivity index (χ2v) is 11.5. The highest BCUT2D eigenvalue weighted by Gasteiger charge is 2.42. The summed E-state index contributed by atoms with van der Waals surface area (Å²) in [5.74, 6) is 1.75. The summed E-state index contributed by atoms with van der Waals surface area (Å²) in [5, 5.41) is 6.58. The van der Waals surface area contributed by atoms with E-state index >= 15 is 0 Å². The van der Waals surface area contributed by atoms with Crippen LogP contribution in [-0.4, -0.2) is 55.9 Å². The number of aryl methyl sites for hydroxylation is 1. The van der Waals surface area contributed by atoms with Gasteiger partial charge in [-0.2, -0.15) is 5.10 Å². The molecule has 3 aliphatic rings. The fourth-order valence-electron chi connectivity index (χ4n) is 5.20. The van der Waals surface area contributed by atoms with Gasteiger partial charge < -0.3 is 4.74 Å². The van der Waals surface area contributed by atoms with Crippen LogP contribution < -0.4 is 9.46 Å². The number of methoxy groups -OCH3 is 1. The SMILES string of the molecule is COc1ccccc1-c1cc(C2CN3CCC2CC3CNS(=O)(=O)c2cccs2)n(C)n1. The van der Waals surface area contributed by atoms with E-state index < -0.39 is 10.0 Å². The van der Waals surface area contributed by atoms with Crippen LogP contribution in [0.4, 0.5) is 0 Å². The summed E-state index contributed by atoms with van der Waals surface area (Å²) in [6.07, 6.45) is 2.13. The fraction of sp³-hybridized carbons (Fsp3) is 0.435. The first-order valence-electron chi connectivity index (χ1n) is 10.9. The minimum atomic E-state index is -3.42. The number of benzene rings is 1. The molecule has 0 amide bonds. The van der Waals surface area contributed by atoms with Gasteiger partial charge in [-0.15, -0.1) is 11.3 Å². The van der Waals surface area contributed by atoms with E-state index in [9.17, 15) is 8.42 Å². The molecular formula is C23H28N4O3S2. The summed E-state index contributed by atoms with van der Waals surface area (Å²) >= 11 is 1.25. The molecule has 3 saturated heterocycles. The molecule has 2 aromatic heterocycles. The van der Waals surface area contributed by atoms with E-state index in [4.69, 9.17) is 9.84 Å². The molecule has 7 nitrogen and oxygen atoms in total. The molecule has 2 bridgehead atoms. The van der Waals surface area contributed by atoms with Gasteiger partial charge in [0, 0.05) is 43.4 Å². The number of ether oxygens (including phenoxy) is 1. The van der Waals surface area contributed by atoms with E-state index in [1.54, 1.807) is 24.6 Å². The van der Waals surface area contributed by atoms with Crippen LogP contribution in [0.2, 0.25) is 0 Å². The van der Waals surface area contributed by atoms with Gasteiger partial charge in [0.2, 0.25) is 10.0 Å². The van der Waals surface area contributed by atoms with E-state index in [0.717, 1.165) is 42.9 Å². The molecule has 0 radical (unpaired) electrons. The van der Waals surface area contributed by atoms with Crippen LogP contribution in [0.3, 0.4) is 0 Å². The van der Waals surface area contributed by atoms with Crippen molar-refractivity contribution in [3.05, 3.63) is 53.5 Å². The van der Waals surface area contributed by atoms with Crippen molar-refractivity contribution in [1.82, 2.24) is 19.4 Å². The van der Waals surface area contributed by atoms with Crippen molar-refractivity contribution in [3.8, 4) is 17.0 Å². The second kappa shape index (κ2) is 8.62. The number of rotatable bonds is 7. The van der Waals surface area contributed by atoms with Gasteiger partial charge in [-0.3, -0.25) is 9.58 Å². The fourth-order valence-corrected chi connectivity index (χ4v) is 7.31. The molecule has 3 aromatic rings. The Bertz CT molecular complexity index is 1190. The van der Waals surface area contributed by atoms with Crippen molar-refractivity contribution >= 4 is 21.4 Å². The minimum absolute atomic E-state index is 0.238. The quantitative estimate of drug-likeness (QED) is 0.571. The topological polar surface area (TPSA) is 76.5 Å². The highest BCUT2D eigenvalue weighted by Crippen LogP contribution is 2.43. The van der Waals surface area contributed by atoms with Crippen LogP contribution in [0, 0.1) is 5.92 Å². The lowest BCUT2D eigenvalue weighted by Gasteiger charge is -2.49. The molecule has 9 heteroatoms. The maximum absolute atomic E-state index is 12.5. The highest BCUT2D eigenvalue weighted by molar-refractivity contribution is 7.91. The van der Waals surface area contributed by atoms with Crippen LogP contribution in [0.1, 0.15) is 24.5 Å². The molecule has 6 rings (SSSR count). The summed E-state index contributed by atoms with van der Waals surface area (Å²) in [7, 11) is 0.272. The first-order valence-corrected chi connectivity index (χ1v) is 13.3. The number of hydrogen-bond acceptors (Lipinski definition) is 6. The number of fused-ring (bicyclic) bond motifs is 3. The lowest BCUT2D eigenvalue weighted by atomic mass is 9.74. The van der Waals surface area contributed by atoms with Gasteiger partial charge in [0.15, 0.2) is 0 Å². The lowest BCUT2D eigenvalue weighted by Crippen LogP contribution is -2.56. The smallest absolute Gasteiger partial charge is 0.250 e. The molecule has 3 aliphatic heterocycles. The third-order valence-corrected chi connectivity index (χ3v) is 9.65. The largest absolute Gasteiger partial charge is 0.496 e. The number of thiophene rings is 1. The van der Waals surface area contributed by atoms with Gasteiger partial charge in [-0.05, 0) is 54.9 Å². The molecule has 3 fully saturated rings. The Balaban J connectivity index is 1.31. The van der Waals surface area contributed by atoms with Gasteiger partial charge in [-0.25, -0.2) is 13.1 Å². The van der Waals surface area contributed by atoms with Gasteiger partial charge in [-0.1, -0.05) is 18.2 Å².